The summed E-state index contributed by atoms with van der Waals surface area (Å²) in [4.78, 5) is 4.38. The van der Waals surface area contributed by atoms with Crippen LogP contribution in [0.1, 0.15) is 41.3 Å². The number of piperazine rings is 1. The van der Waals surface area contributed by atoms with Crippen molar-refractivity contribution in [2.45, 2.75) is 37.7 Å². The summed E-state index contributed by atoms with van der Waals surface area (Å²) in [6.45, 7) is 2.11. The molecule has 170 valence electrons. The normalized spacial score (nSPS) is 25.8. The van der Waals surface area contributed by atoms with Crippen LogP contribution in [0.3, 0.4) is 0 Å². The van der Waals surface area contributed by atoms with E-state index in [1.807, 2.05) is 24.3 Å². The van der Waals surface area contributed by atoms with Gasteiger partial charge in [-0.05, 0) is 50.7 Å². The highest BCUT2D eigenvalue weighted by Gasteiger charge is 2.51. The van der Waals surface area contributed by atoms with Crippen molar-refractivity contribution in [3.63, 3.8) is 0 Å². The Balaban J connectivity index is 1.80. The SMILES string of the molecule is COc1ccc(OC)c2c1C=C1[C@@H]3c4c(OC)ccc(OC)c4C[C@H](C(O)N1[C@@H]2C)N3C. The van der Waals surface area contributed by atoms with Crippen LogP contribution in [0.2, 0.25) is 0 Å². The second kappa shape index (κ2) is 7.60. The minimum Gasteiger partial charge on any atom is -0.496 e. The first-order valence-corrected chi connectivity index (χ1v) is 10.8. The van der Waals surface area contributed by atoms with Crippen LogP contribution < -0.4 is 18.9 Å². The summed E-state index contributed by atoms with van der Waals surface area (Å²) in [7, 11) is 8.82. The maximum absolute atomic E-state index is 11.6. The van der Waals surface area contributed by atoms with Gasteiger partial charge in [-0.15, -0.1) is 0 Å². The molecule has 1 fully saturated rings. The molecule has 5 rings (SSSR count). The van der Waals surface area contributed by atoms with Crippen LogP contribution in [0.15, 0.2) is 30.0 Å². The summed E-state index contributed by atoms with van der Waals surface area (Å²) in [5, 5.41) is 11.6. The first-order valence-electron chi connectivity index (χ1n) is 10.8. The van der Waals surface area contributed by atoms with Crippen molar-refractivity contribution in [3.05, 3.63) is 52.2 Å². The molecule has 7 nitrogen and oxygen atoms in total. The molecule has 1 saturated heterocycles. The molecule has 32 heavy (non-hydrogen) atoms. The maximum Gasteiger partial charge on any atom is 0.143 e. The lowest BCUT2D eigenvalue weighted by Crippen LogP contribution is -2.61. The number of rotatable bonds is 4. The molecule has 1 unspecified atom stereocenters. The van der Waals surface area contributed by atoms with Crippen LogP contribution >= 0.6 is 0 Å². The largest absolute Gasteiger partial charge is 0.496 e. The average Bonchev–Trinajstić information content (AvgIpc) is 2.80. The van der Waals surface area contributed by atoms with E-state index in [0.29, 0.717) is 6.42 Å². The van der Waals surface area contributed by atoms with Crippen molar-refractivity contribution in [3.8, 4) is 23.0 Å². The first-order chi connectivity index (χ1) is 15.5. The first kappa shape index (κ1) is 21.0. The van der Waals surface area contributed by atoms with Gasteiger partial charge in [-0.25, -0.2) is 0 Å². The Morgan fingerprint density at radius 1 is 0.844 bits per heavy atom. The monoisotopic (exact) mass is 438 g/mol. The van der Waals surface area contributed by atoms with Crippen LogP contribution in [0.4, 0.5) is 0 Å². The van der Waals surface area contributed by atoms with Gasteiger partial charge in [-0.3, -0.25) is 4.90 Å². The zero-order valence-corrected chi connectivity index (χ0v) is 19.4. The maximum atomic E-state index is 11.6. The summed E-state index contributed by atoms with van der Waals surface area (Å²) in [6, 6.07) is 7.49. The van der Waals surface area contributed by atoms with Gasteiger partial charge in [0, 0.05) is 28.0 Å². The smallest absolute Gasteiger partial charge is 0.143 e. The number of likely N-dealkylation sites (N-methyl/N-ethyl adjacent to an activating group) is 1. The number of nitrogens with zero attached hydrogens (tertiary/aromatic N) is 2. The van der Waals surface area contributed by atoms with Gasteiger partial charge in [0.25, 0.3) is 0 Å². The molecule has 0 aromatic heterocycles. The summed E-state index contributed by atoms with van der Waals surface area (Å²) < 4.78 is 22.9. The Labute approximate surface area is 188 Å². The Bertz CT molecular complexity index is 1100. The minimum atomic E-state index is -0.689. The molecule has 0 aliphatic carbocycles. The van der Waals surface area contributed by atoms with Crippen LogP contribution in [-0.4, -0.2) is 62.7 Å². The summed E-state index contributed by atoms with van der Waals surface area (Å²) in [5.74, 6) is 3.23. The van der Waals surface area contributed by atoms with Gasteiger partial charge in [-0.1, -0.05) is 0 Å². The quantitative estimate of drug-likeness (QED) is 0.785. The van der Waals surface area contributed by atoms with Gasteiger partial charge in [0.2, 0.25) is 0 Å². The summed E-state index contributed by atoms with van der Waals surface area (Å²) in [5.41, 5.74) is 5.20. The van der Waals surface area contributed by atoms with Gasteiger partial charge in [0.1, 0.15) is 29.2 Å². The van der Waals surface area contributed by atoms with Crippen molar-refractivity contribution in [2.75, 3.05) is 35.5 Å². The molecule has 3 aliphatic heterocycles. The highest BCUT2D eigenvalue weighted by atomic mass is 16.5. The van der Waals surface area contributed by atoms with Crippen molar-refractivity contribution >= 4 is 6.08 Å². The fourth-order valence-electron chi connectivity index (χ4n) is 5.83. The number of fused-ring (bicyclic) bond motifs is 7. The molecule has 4 atom stereocenters. The van der Waals surface area contributed by atoms with E-state index in [0.717, 1.165) is 50.9 Å². The van der Waals surface area contributed by atoms with E-state index >= 15 is 0 Å². The number of ether oxygens (including phenoxy) is 4. The molecule has 3 aliphatic rings. The van der Waals surface area contributed by atoms with E-state index in [4.69, 9.17) is 18.9 Å². The van der Waals surface area contributed by atoms with E-state index in [-0.39, 0.29) is 18.1 Å². The fourth-order valence-corrected chi connectivity index (χ4v) is 5.83. The Morgan fingerprint density at radius 2 is 1.41 bits per heavy atom. The summed E-state index contributed by atoms with van der Waals surface area (Å²) >= 11 is 0. The second-order valence-electron chi connectivity index (χ2n) is 8.57. The molecule has 2 aromatic rings. The molecule has 0 amide bonds. The predicted molar refractivity (Wildman–Crippen MR) is 121 cm³/mol. The van der Waals surface area contributed by atoms with Crippen molar-refractivity contribution in [2.24, 2.45) is 0 Å². The van der Waals surface area contributed by atoms with E-state index < -0.39 is 6.23 Å². The van der Waals surface area contributed by atoms with Gasteiger partial charge < -0.3 is 29.0 Å². The molecule has 0 spiro atoms. The Hall–Kier alpha value is -2.90. The molecule has 2 aromatic carbocycles. The zero-order valence-electron chi connectivity index (χ0n) is 19.4. The molecular weight excluding hydrogens is 408 g/mol. The fraction of sp³-hybridized carbons (Fsp3) is 0.440. The van der Waals surface area contributed by atoms with Gasteiger partial charge in [0.15, 0.2) is 0 Å². The Kier molecular flexibility index (Phi) is 4.98. The average molecular weight is 439 g/mol. The predicted octanol–water partition coefficient (Wildman–Crippen LogP) is 3.37. The van der Waals surface area contributed by atoms with Crippen LogP contribution in [0, 0.1) is 0 Å². The standard InChI is InChI=1S/C25H30N2O5/c1-13-22-14(18(29-3)7-9-20(22)31-5)11-16-24-23-15(19(30-4)8-10-21(23)32-6)12-17(26(24)2)25(28)27(13)16/h7-11,13,17,24-25,28H,12H2,1-6H3/t13-,17-,24-,25?/m1/s1. The Morgan fingerprint density at radius 3 is 2.03 bits per heavy atom. The van der Waals surface area contributed by atoms with Crippen molar-refractivity contribution in [1.82, 2.24) is 9.80 Å². The number of methoxy groups -OCH3 is 4. The number of hydrogen-bond acceptors (Lipinski definition) is 7. The van der Waals surface area contributed by atoms with E-state index in [9.17, 15) is 5.11 Å². The van der Waals surface area contributed by atoms with Crippen LogP contribution in [0.25, 0.3) is 6.08 Å². The van der Waals surface area contributed by atoms with Gasteiger partial charge in [0.05, 0.1) is 46.6 Å². The van der Waals surface area contributed by atoms with Gasteiger partial charge >= 0.3 is 0 Å². The molecule has 0 saturated carbocycles. The van der Waals surface area contributed by atoms with Crippen LogP contribution in [-0.2, 0) is 6.42 Å². The van der Waals surface area contributed by atoms with E-state index in [1.54, 1.807) is 28.4 Å². The van der Waals surface area contributed by atoms with E-state index in [2.05, 4.69) is 29.8 Å². The van der Waals surface area contributed by atoms with Gasteiger partial charge in [-0.2, -0.15) is 0 Å². The third-order valence-corrected chi connectivity index (χ3v) is 7.31. The zero-order chi connectivity index (χ0) is 22.7. The minimum absolute atomic E-state index is 0.0914. The highest BCUT2D eigenvalue weighted by Crippen LogP contribution is 2.55. The lowest BCUT2D eigenvalue weighted by molar-refractivity contribution is -0.107. The molecule has 3 heterocycles. The lowest BCUT2D eigenvalue weighted by Gasteiger charge is -2.57. The third kappa shape index (κ3) is 2.67. The lowest BCUT2D eigenvalue weighted by atomic mass is 9.78. The number of hydrogen-bond donors (Lipinski definition) is 1. The van der Waals surface area contributed by atoms with Crippen LogP contribution in [0.5, 0.6) is 23.0 Å². The summed E-state index contributed by atoms with van der Waals surface area (Å²) in [6.07, 6.45) is 2.11. The number of aliphatic hydroxyl groups excluding tert-OH is 1. The van der Waals surface area contributed by atoms with E-state index in [1.165, 1.54) is 0 Å². The second-order valence-corrected chi connectivity index (χ2v) is 8.57. The van der Waals surface area contributed by atoms with Crippen molar-refractivity contribution in [1.29, 1.82) is 0 Å². The molecule has 7 heteroatoms. The number of benzene rings is 2. The molecule has 1 N–H and O–H groups in total. The third-order valence-electron chi connectivity index (χ3n) is 7.31. The topological polar surface area (TPSA) is 63.6 Å². The molecule has 2 bridgehead atoms. The number of aliphatic hydroxyl groups is 1. The van der Waals surface area contributed by atoms with Crippen molar-refractivity contribution < 1.29 is 24.1 Å². The highest BCUT2D eigenvalue weighted by molar-refractivity contribution is 5.72. The molecular formula is C25H30N2O5. The molecule has 0 radical (unpaired) electrons.